The predicted molar refractivity (Wildman–Crippen MR) is 126 cm³/mol. The lowest BCUT2D eigenvalue weighted by Gasteiger charge is -2.39. The maximum atomic E-state index is 13.7. The molecular formula is C26H26FN3O3. The highest BCUT2D eigenvalue weighted by Crippen LogP contribution is 2.45. The van der Waals surface area contributed by atoms with E-state index in [9.17, 15) is 14.0 Å². The Labute approximate surface area is 190 Å². The first kappa shape index (κ1) is 21.4. The van der Waals surface area contributed by atoms with Crippen molar-refractivity contribution < 1.29 is 9.13 Å². The topological polar surface area (TPSA) is 58.2 Å². The van der Waals surface area contributed by atoms with Crippen LogP contribution >= 0.6 is 0 Å². The Morgan fingerprint density at radius 3 is 2.39 bits per heavy atom. The molecule has 1 aliphatic heterocycles. The number of aryl methyl sites for hydroxylation is 2. The van der Waals surface area contributed by atoms with Crippen molar-refractivity contribution in [3.63, 3.8) is 0 Å². The van der Waals surface area contributed by atoms with Gasteiger partial charge in [-0.3, -0.25) is 13.9 Å². The van der Waals surface area contributed by atoms with Gasteiger partial charge >= 0.3 is 5.69 Å². The van der Waals surface area contributed by atoms with Gasteiger partial charge in [0.2, 0.25) is 0 Å². The van der Waals surface area contributed by atoms with Gasteiger partial charge in [0.15, 0.2) is 0 Å². The van der Waals surface area contributed by atoms with E-state index in [2.05, 4.69) is 18.4 Å². The average Bonchev–Trinajstić information content (AvgIpc) is 3.15. The van der Waals surface area contributed by atoms with Crippen molar-refractivity contribution in [1.82, 2.24) is 13.7 Å². The predicted octanol–water partition coefficient (Wildman–Crippen LogP) is 4.01. The molecule has 2 aromatic heterocycles. The van der Waals surface area contributed by atoms with Crippen LogP contribution < -0.4 is 11.2 Å². The van der Waals surface area contributed by atoms with Crippen molar-refractivity contribution >= 4 is 10.9 Å². The number of hydrogen-bond acceptors (Lipinski definition) is 3. The van der Waals surface area contributed by atoms with Crippen LogP contribution in [0.2, 0.25) is 0 Å². The Morgan fingerprint density at radius 2 is 1.73 bits per heavy atom. The van der Waals surface area contributed by atoms with Crippen LogP contribution in [-0.2, 0) is 24.4 Å². The normalized spacial score (nSPS) is 17.3. The lowest BCUT2D eigenvalue weighted by atomic mass is 9.98. The molecule has 33 heavy (non-hydrogen) atoms. The summed E-state index contributed by atoms with van der Waals surface area (Å²) in [6, 6.07) is 14.2. The number of hydrogen-bond donors (Lipinski definition) is 0. The monoisotopic (exact) mass is 447 g/mol. The van der Waals surface area contributed by atoms with E-state index in [1.165, 1.54) is 23.7 Å². The van der Waals surface area contributed by atoms with Gasteiger partial charge in [-0.05, 0) is 50.1 Å². The van der Waals surface area contributed by atoms with Gasteiger partial charge in [0.1, 0.15) is 11.9 Å². The Hall–Kier alpha value is -3.45. The first-order valence-electron chi connectivity index (χ1n) is 10.9. The Morgan fingerprint density at radius 1 is 1.03 bits per heavy atom. The fraction of sp³-hybridized carbons (Fsp3) is 0.308. The van der Waals surface area contributed by atoms with E-state index in [1.54, 1.807) is 19.2 Å². The van der Waals surface area contributed by atoms with E-state index < -0.39 is 17.3 Å². The van der Waals surface area contributed by atoms with Crippen LogP contribution in [0.1, 0.15) is 36.8 Å². The number of benzene rings is 2. The maximum Gasteiger partial charge on any atom is 0.331 e. The molecule has 1 aliphatic rings. The largest absolute Gasteiger partial charge is 0.365 e. The minimum atomic E-state index is -0.558. The molecule has 0 radical (unpaired) electrons. The SMILES string of the molecule is Cc1cccc(-c2c3c(=O)n(C)c(=O)n(C)c3c3n2C(C)(C)COC3c2ccc(F)cc2)c1. The maximum absolute atomic E-state index is 13.7. The molecule has 0 amide bonds. The number of ether oxygens (including phenoxy) is 1. The Balaban J connectivity index is 2.01. The van der Waals surface area contributed by atoms with Gasteiger partial charge in [0.25, 0.3) is 5.56 Å². The molecule has 2 aromatic carbocycles. The molecule has 5 rings (SSSR count). The van der Waals surface area contributed by atoms with Gasteiger partial charge in [0, 0.05) is 14.1 Å². The van der Waals surface area contributed by atoms with Crippen LogP contribution in [0.4, 0.5) is 4.39 Å². The highest BCUT2D eigenvalue weighted by atomic mass is 19.1. The Kier molecular flexibility index (Phi) is 4.72. The standard InChI is InChI=1S/C26H26FN3O3/c1-15-7-6-8-17(13-15)20-19-21(28(4)25(32)29(5)24(19)31)22-23(16-9-11-18(27)12-10-16)33-14-26(2,3)30(20)22/h6-13,23H,14H2,1-5H3. The third-order valence-electron chi connectivity index (χ3n) is 6.53. The highest BCUT2D eigenvalue weighted by Gasteiger charge is 2.40. The fourth-order valence-electron chi connectivity index (χ4n) is 4.95. The van der Waals surface area contributed by atoms with Gasteiger partial charge < -0.3 is 9.30 Å². The second-order valence-electron chi connectivity index (χ2n) is 9.42. The molecule has 4 aromatic rings. The second kappa shape index (κ2) is 7.28. The summed E-state index contributed by atoms with van der Waals surface area (Å²) in [7, 11) is 3.17. The number of halogens is 1. The zero-order chi connectivity index (χ0) is 23.7. The van der Waals surface area contributed by atoms with Crippen molar-refractivity contribution in [2.24, 2.45) is 14.1 Å². The van der Waals surface area contributed by atoms with Crippen LogP contribution in [0.25, 0.3) is 22.2 Å². The van der Waals surface area contributed by atoms with Crippen molar-refractivity contribution in [2.45, 2.75) is 32.4 Å². The molecule has 170 valence electrons. The molecule has 0 saturated heterocycles. The molecule has 0 bridgehead atoms. The van der Waals surface area contributed by atoms with Crippen molar-refractivity contribution in [3.05, 3.63) is 92.0 Å². The molecule has 0 aliphatic carbocycles. The lowest BCUT2D eigenvalue weighted by molar-refractivity contribution is -0.00709. The number of fused-ring (bicyclic) bond motifs is 3. The van der Waals surface area contributed by atoms with Crippen molar-refractivity contribution in [2.75, 3.05) is 6.61 Å². The van der Waals surface area contributed by atoms with Gasteiger partial charge in [0.05, 0.1) is 34.4 Å². The zero-order valence-corrected chi connectivity index (χ0v) is 19.3. The van der Waals surface area contributed by atoms with Crippen LogP contribution in [-0.4, -0.2) is 20.3 Å². The van der Waals surface area contributed by atoms with E-state index in [-0.39, 0.29) is 11.4 Å². The number of rotatable bonds is 2. The second-order valence-corrected chi connectivity index (χ2v) is 9.42. The van der Waals surface area contributed by atoms with E-state index in [0.717, 1.165) is 32.6 Å². The molecule has 3 heterocycles. The summed E-state index contributed by atoms with van der Waals surface area (Å²) in [6.45, 7) is 6.50. The van der Waals surface area contributed by atoms with Crippen LogP contribution in [0.3, 0.4) is 0 Å². The summed E-state index contributed by atoms with van der Waals surface area (Å²) >= 11 is 0. The quantitative estimate of drug-likeness (QED) is 0.467. The zero-order valence-electron chi connectivity index (χ0n) is 19.3. The van der Waals surface area contributed by atoms with Gasteiger partial charge in [-0.15, -0.1) is 0 Å². The summed E-state index contributed by atoms with van der Waals surface area (Å²) < 4.78 is 24.8. The third-order valence-corrected chi connectivity index (χ3v) is 6.53. The van der Waals surface area contributed by atoms with Crippen molar-refractivity contribution in [1.29, 1.82) is 0 Å². The van der Waals surface area contributed by atoms with E-state index >= 15 is 0 Å². The summed E-state index contributed by atoms with van der Waals surface area (Å²) in [5.41, 5.74) is 3.51. The first-order valence-corrected chi connectivity index (χ1v) is 10.9. The number of nitrogens with zero attached hydrogens (tertiary/aromatic N) is 3. The molecule has 0 N–H and O–H groups in total. The summed E-state index contributed by atoms with van der Waals surface area (Å²) in [5, 5.41) is 0.478. The molecule has 0 fully saturated rings. The number of aromatic nitrogens is 3. The average molecular weight is 448 g/mol. The van der Waals surface area contributed by atoms with Gasteiger partial charge in [-0.1, -0.05) is 35.9 Å². The minimum absolute atomic E-state index is 0.336. The van der Waals surface area contributed by atoms with Crippen LogP contribution in [0.5, 0.6) is 0 Å². The van der Waals surface area contributed by atoms with Crippen LogP contribution in [0, 0.1) is 12.7 Å². The Bertz CT molecular complexity index is 1520. The smallest absolute Gasteiger partial charge is 0.331 e. The summed E-state index contributed by atoms with van der Waals surface area (Å²) in [4.78, 5) is 26.5. The van der Waals surface area contributed by atoms with Gasteiger partial charge in [-0.2, -0.15) is 0 Å². The third kappa shape index (κ3) is 3.10. The van der Waals surface area contributed by atoms with Crippen LogP contribution in [0.15, 0.2) is 58.1 Å². The molecule has 7 heteroatoms. The lowest BCUT2D eigenvalue weighted by Crippen LogP contribution is -2.40. The molecule has 0 saturated carbocycles. The fourth-order valence-corrected chi connectivity index (χ4v) is 4.95. The molecule has 1 atom stereocenters. The molecular weight excluding hydrogens is 421 g/mol. The first-order chi connectivity index (χ1) is 15.6. The highest BCUT2D eigenvalue weighted by molar-refractivity contribution is 5.97. The van der Waals surface area contributed by atoms with E-state index in [0.29, 0.717) is 17.5 Å². The molecule has 0 spiro atoms. The summed E-state index contributed by atoms with van der Waals surface area (Å²) in [6.07, 6.45) is -0.558. The van der Waals surface area contributed by atoms with Crippen molar-refractivity contribution in [3.8, 4) is 11.3 Å². The summed E-state index contributed by atoms with van der Waals surface area (Å²) in [5.74, 6) is -0.336. The minimum Gasteiger partial charge on any atom is -0.365 e. The molecule has 6 nitrogen and oxygen atoms in total. The molecule has 1 unspecified atom stereocenters. The van der Waals surface area contributed by atoms with E-state index in [1.807, 2.05) is 31.2 Å². The van der Waals surface area contributed by atoms with Gasteiger partial charge in [-0.25, -0.2) is 9.18 Å². The van der Waals surface area contributed by atoms with E-state index in [4.69, 9.17) is 4.74 Å².